The van der Waals surface area contributed by atoms with Crippen LogP contribution in [0, 0.1) is 0 Å². The van der Waals surface area contributed by atoms with Gasteiger partial charge in [0, 0.05) is 10.9 Å². The lowest BCUT2D eigenvalue weighted by Gasteiger charge is -2.02. The van der Waals surface area contributed by atoms with E-state index in [1.54, 1.807) is 17.5 Å². The molecule has 0 radical (unpaired) electrons. The van der Waals surface area contributed by atoms with E-state index in [0.717, 1.165) is 0 Å². The lowest BCUT2D eigenvalue weighted by Crippen LogP contribution is -2.14. The second kappa shape index (κ2) is 5.51. The fraction of sp³-hybridized carbons (Fsp3) is 0.0833. The molecule has 2 aromatic rings. The first-order chi connectivity index (χ1) is 9.41. The van der Waals surface area contributed by atoms with Crippen molar-refractivity contribution in [1.29, 1.82) is 0 Å². The number of nitrogens with one attached hydrogen (secondary N) is 1. The number of rotatable bonds is 5. The minimum Gasteiger partial charge on any atom is -0.506 e. The number of benzene rings is 1. The second-order valence-electron chi connectivity index (χ2n) is 3.98. The number of anilines is 2. The molecule has 0 saturated heterocycles. The van der Waals surface area contributed by atoms with Crippen LogP contribution in [0.5, 0.6) is 5.75 Å². The number of aromatic hydroxyl groups is 1. The molecular formula is C12H13N3O3S2. The van der Waals surface area contributed by atoms with Crippen molar-refractivity contribution < 1.29 is 13.5 Å². The maximum absolute atomic E-state index is 11.6. The highest BCUT2D eigenvalue weighted by Crippen LogP contribution is 2.30. The summed E-state index contributed by atoms with van der Waals surface area (Å²) in [6.45, 7) is 3.38. The molecule has 1 aromatic heterocycles. The molecule has 0 bridgehead atoms. The Kier molecular flexibility index (Phi) is 3.96. The first-order valence-corrected chi connectivity index (χ1v) is 8.10. The van der Waals surface area contributed by atoms with Gasteiger partial charge in [-0.25, -0.2) is 13.4 Å². The van der Waals surface area contributed by atoms with Crippen molar-refractivity contribution in [2.45, 2.75) is 0 Å². The fourth-order valence-corrected chi connectivity index (χ4v) is 3.34. The van der Waals surface area contributed by atoms with Crippen LogP contribution >= 0.6 is 11.3 Å². The molecule has 0 unspecified atom stereocenters. The normalized spacial score (nSPS) is 11.2. The molecule has 106 valence electrons. The molecule has 0 fully saturated rings. The maximum Gasteiger partial charge on any atom is 0.238 e. The Bertz CT molecular complexity index is 738. The van der Waals surface area contributed by atoms with Gasteiger partial charge < -0.3 is 10.8 Å². The maximum atomic E-state index is 11.6. The van der Waals surface area contributed by atoms with Gasteiger partial charge in [-0.05, 0) is 18.2 Å². The molecular weight excluding hydrogens is 298 g/mol. The number of phenols is 1. The molecule has 1 heterocycles. The third-order valence-electron chi connectivity index (χ3n) is 2.41. The topological polar surface area (TPSA) is 105 Å². The fourth-order valence-electron chi connectivity index (χ4n) is 1.50. The Morgan fingerprint density at radius 2 is 2.25 bits per heavy atom. The van der Waals surface area contributed by atoms with Crippen LogP contribution in [0.15, 0.2) is 36.2 Å². The predicted molar refractivity (Wildman–Crippen MR) is 81.2 cm³/mol. The van der Waals surface area contributed by atoms with Crippen molar-refractivity contribution in [3.8, 4) is 17.0 Å². The van der Waals surface area contributed by atoms with Gasteiger partial charge in [-0.1, -0.05) is 6.08 Å². The van der Waals surface area contributed by atoms with Crippen molar-refractivity contribution in [1.82, 2.24) is 4.98 Å². The summed E-state index contributed by atoms with van der Waals surface area (Å²) in [7, 11) is -3.45. The van der Waals surface area contributed by atoms with E-state index in [1.807, 2.05) is 0 Å². The zero-order chi connectivity index (χ0) is 14.8. The molecule has 2 rings (SSSR count). The highest BCUT2D eigenvalue weighted by Gasteiger charge is 2.12. The van der Waals surface area contributed by atoms with Crippen LogP contribution in [0.2, 0.25) is 0 Å². The summed E-state index contributed by atoms with van der Waals surface area (Å²) in [5, 5.41) is 11.3. The van der Waals surface area contributed by atoms with Crippen molar-refractivity contribution in [2.75, 3.05) is 16.2 Å². The summed E-state index contributed by atoms with van der Waals surface area (Å²) in [4.78, 5) is 4.18. The standard InChI is InChI=1S/C12H13N3O3S2/c1-2-5-20(17,18)15-12-14-10(7-19-12)8-3-4-11(16)9(13)6-8/h2-4,6-7,16H,1,5,13H2,(H,14,15). The average Bonchev–Trinajstić information content (AvgIpc) is 2.80. The molecule has 6 nitrogen and oxygen atoms in total. The third kappa shape index (κ3) is 3.28. The molecule has 0 spiro atoms. The lowest BCUT2D eigenvalue weighted by molar-refractivity contribution is 0.478. The molecule has 1 aromatic carbocycles. The number of nitrogens with two attached hydrogens (primary N) is 1. The molecule has 8 heteroatoms. The van der Waals surface area contributed by atoms with Crippen LogP contribution < -0.4 is 10.5 Å². The minimum atomic E-state index is -3.45. The van der Waals surface area contributed by atoms with Gasteiger partial charge in [0.25, 0.3) is 0 Å². The number of sulfonamides is 1. The average molecular weight is 311 g/mol. The molecule has 4 N–H and O–H groups in total. The van der Waals surface area contributed by atoms with Gasteiger partial charge in [-0.15, -0.1) is 17.9 Å². The van der Waals surface area contributed by atoms with E-state index in [1.165, 1.54) is 23.5 Å². The first-order valence-electron chi connectivity index (χ1n) is 5.57. The Morgan fingerprint density at radius 3 is 2.90 bits per heavy atom. The Balaban J connectivity index is 2.24. The van der Waals surface area contributed by atoms with Crippen molar-refractivity contribution in [2.24, 2.45) is 0 Å². The Morgan fingerprint density at radius 1 is 1.50 bits per heavy atom. The molecule has 0 aliphatic heterocycles. The van der Waals surface area contributed by atoms with Crippen molar-refractivity contribution >= 4 is 32.2 Å². The first kappa shape index (κ1) is 14.4. The summed E-state index contributed by atoms with van der Waals surface area (Å²) < 4.78 is 25.5. The van der Waals surface area contributed by atoms with E-state index in [9.17, 15) is 13.5 Å². The summed E-state index contributed by atoms with van der Waals surface area (Å²) in [5.41, 5.74) is 7.13. The number of nitrogens with zero attached hydrogens (tertiary/aromatic N) is 1. The van der Waals surface area contributed by atoms with E-state index in [4.69, 9.17) is 5.73 Å². The second-order valence-corrected chi connectivity index (χ2v) is 6.61. The number of hydrogen-bond acceptors (Lipinski definition) is 6. The molecule has 0 saturated carbocycles. The van der Waals surface area contributed by atoms with Crippen LogP contribution in [0.4, 0.5) is 10.8 Å². The number of thiazole rings is 1. The zero-order valence-corrected chi connectivity index (χ0v) is 12.0. The summed E-state index contributed by atoms with van der Waals surface area (Å²) >= 11 is 1.17. The van der Waals surface area contributed by atoms with Gasteiger partial charge in [-0.3, -0.25) is 4.72 Å². The van der Waals surface area contributed by atoms with Gasteiger partial charge in [0.15, 0.2) is 5.13 Å². The van der Waals surface area contributed by atoms with Gasteiger partial charge in [0.2, 0.25) is 10.0 Å². The van der Waals surface area contributed by atoms with E-state index in [0.29, 0.717) is 11.3 Å². The molecule has 0 atom stereocenters. The number of aromatic nitrogens is 1. The van der Waals surface area contributed by atoms with Crippen LogP contribution in [-0.2, 0) is 10.0 Å². The van der Waals surface area contributed by atoms with E-state index < -0.39 is 10.0 Å². The van der Waals surface area contributed by atoms with Gasteiger partial charge in [0.1, 0.15) is 5.75 Å². The smallest absolute Gasteiger partial charge is 0.238 e. The molecule has 0 aliphatic rings. The Hall–Kier alpha value is -2.06. The van der Waals surface area contributed by atoms with Crippen LogP contribution in [0.1, 0.15) is 0 Å². The van der Waals surface area contributed by atoms with Gasteiger partial charge in [-0.2, -0.15) is 0 Å². The largest absolute Gasteiger partial charge is 0.506 e. The number of nitrogen functional groups attached to an aromatic ring is 1. The van der Waals surface area contributed by atoms with E-state index >= 15 is 0 Å². The van der Waals surface area contributed by atoms with E-state index in [2.05, 4.69) is 16.3 Å². The van der Waals surface area contributed by atoms with Crippen molar-refractivity contribution in [3.05, 3.63) is 36.2 Å². The number of hydrogen-bond donors (Lipinski definition) is 3. The Labute approximate surface area is 120 Å². The van der Waals surface area contributed by atoms with Crippen LogP contribution in [0.3, 0.4) is 0 Å². The molecule has 20 heavy (non-hydrogen) atoms. The van der Waals surface area contributed by atoms with Crippen molar-refractivity contribution in [3.63, 3.8) is 0 Å². The summed E-state index contributed by atoms with van der Waals surface area (Å²) in [5.74, 6) is -0.176. The predicted octanol–water partition coefficient (Wildman–Crippen LogP) is 2.03. The summed E-state index contributed by atoms with van der Waals surface area (Å²) in [6.07, 6.45) is 1.30. The number of phenolic OH excluding ortho intramolecular Hbond substituents is 1. The highest BCUT2D eigenvalue weighted by atomic mass is 32.2. The molecule has 0 aliphatic carbocycles. The quantitative estimate of drug-likeness (QED) is 0.445. The van der Waals surface area contributed by atoms with Gasteiger partial charge in [0.05, 0.1) is 17.1 Å². The highest BCUT2D eigenvalue weighted by molar-refractivity contribution is 7.93. The SMILES string of the molecule is C=CCS(=O)(=O)Nc1nc(-c2ccc(O)c(N)c2)cs1. The minimum absolute atomic E-state index is 0.00381. The van der Waals surface area contributed by atoms with Gasteiger partial charge >= 0.3 is 0 Å². The zero-order valence-electron chi connectivity index (χ0n) is 10.4. The van der Waals surface area contributed by atoms with Crippen LogP contribution in [-0.4, -0.2) is 24.3 Å². The third-order valence-corrected chi connectivity index (χ3v) is 4.47. The van der Waals surface area contributed by atoms with E-state index in [-0.39, 0.29) is 22.3 Å². The summed E-state index contributed by atoms with van der Waals surface area (Å²) in [6, 6.07) is 4.70. The monoisotopic (exact) mass is 311 g/mol. The molecule has 0 amide bonds. The van der Waals surface area contributed by atoms with Crippen LogP contribution in [0.25, 0.3) is 11.3 Å². The lowest BCUT2D eigenvalue weighted by atomic mass is 10.1.